The topological polar surface area (TPSA) is 38.9 Å². The van der Waals surface area contributed by atoms with Crippen molar-refractivity contribution in [3.63, 3.8) is 0 Å². The van der Waals surface area contributed by atoms with Gasteiger partial charge in [0.25, 0.3) is 0 Å². The molecule has 1 aromatic carbocycles. The second kappa shape index (κ2) is 3.81. The second-order valence-corrected chi connectivity index (χ2v) is 2.94. The SMILES string of the molecule is Cl.Nc1ccc(Cl)c2ncccc12. The molecule has 0 spiro atoms. The molecule has 2 nitrogen and oxygen atoms in total. The van der Waals surface area contributed by atoms with Crippen molar-refractivity contribution in [3.8, 4) is 0 Å². The average molecular weight is 215 g/mol. The number of halogens is 2. The fourth-order valence-electron chi connectivity index (χ4n) is 1.16. The largest absolute Gasteiger partial charge is 0.398 e. The Kier molecular flexibility index (Phi) is 2.96. The van der Waals surface area contributed by atoms with Crippen molar-refractivity contribution in [2.75, 3.05) is 5.73 Å². The number of nitrogens with zero attached hydrogens (tertiary/aromatic N) is 1. The summed E-state index contributed by atoms with van der Waals surface area (Å²) in [7, 11) is 0. The molecule has 1 heterocycles. The van der Waals surface area contributed by atoms with Gasteiger partial charge in [-0.2, -0.15) is 0 Å². The minimum atomic E-state index is 0. The molecular weight excluding hydrogens is 207 g/mol. The number of hydrogen-bond donors (Lipinski definition) is 1. The van der Waals surface area contributed by atoms with Gasteiger partial charge in [0, 0.05) is 17.3 Å². The Hall–Kier alpha value is -0.990. The van der Waals surface area contributed by atoms with E-state index < -0.39 is 0 Å². The van der Waals surface area contributed by atoms with Crippen molar-refractivity contribution in [1.29, 1.82) is 0 Å². The van der Waals surface area contributed by atoms with Crippen molar-refractivity contribution in [2.45, 2.75) is 0 Å². The number of rotatable bonds is 0. The van der Waals surface area contributed by atoms with E-state index in [9.17, 15) is 0 Å². The van der Waals surface area contributed by atoms with Gasteiger partial charge in [0.2, 0.25) is 0 Å². The van der Waals surface area contributed by atoms with Crippen LogP contribution < -0.4 is 5.73 Å². The van der Waals surface area contributed by atoms with Crippen LogP contribution in [0.25, 0.3) is 10.9 Å². The number of pyridine rings is 1. The number of hydrogen-bond acceptors (Lipinski definition) is 2. The van der Waals surface area contributed by atoms with Gasteiger partial charge in [-0.3, -0.25) is 4.98 Å². The van der Waals surface area contributed by atoms with Crippen molar-refractivity contribution in [1.82, 2.24) is 4.98 Å². The van der Waals surface area contributed by atoms with Gasteiger partial charge in [-0.15, -0.1) is 12.4 Å². The summed E-state index contributed by atoms with van der Waals surface area (Å²) in [5.74, 6) is 0. The molecular formula is C9H8Cl2N2. The van der Waals surface area contributed by atoms with E-state index in [1.165, 1.54) is 0 Å². The highest BCUT2D eigenvalue weighted by Crippen LogP contribution is 2.25. The third-order valence-corrected chi connectivity index (χ3v) is 2.06. The van der Waals surface area contributed by atoms with E-state index in [0.717, 1.165) is 10.9 Å². The fraction of sp³-hybridized carbons (Fsp3) is 0. The molecule has 68 valence electrons. The Morgan fingerprint density at radius 2 is 2.00 bits per heavy atom. The maximum Gasteiger partial charge on any atom is 0.0908 e. The Balaban J connectivity index is 0.000000845. The number of benzene rings is 1. The van der Waals surface area contributed by atoms with E-state index >= 15 is 0 Å². The van der Waals surface area contributed by atoms with Gasteiger partial charge in [0.05, 0.1) is 10.5 Å². The van der Waals surface area contributed by atoms with Crippen LogP contribution in [0, 0.1) is 0 Å². The third kappa shape index (κ3) is 1.69. The van der Waals surface area contributed by atoms with Crippen LogP contribution in [0.2, 0.25) is 5.02 Å². The molecule has 0 aliphatic rings. The Bertz CT molecular complexity index is 388. The first kappa shape index (κ1) is 10.1. The maximum absolute atomic E-state index is 5.91. The third-order valence-electron chi connectivity index (χ3n) is 1.75. The standard InChI is InChI=1S/C9H7ClN2.ClH/c10-7-3-4-8(11)6-2-1-5-12-9(6)7;/h1-5H,11H2;1H. The van der Waals surface area contributed by atoms with Gasteiger partial charge in [-0.25, -0.2) is 0 Å². The Labute approximate surface area is 87.1 Å². The van der Waals surface area contributed by atoms with Crippen LogP contribution in [0.3, 0.4) is 0 Å². The highest BCUT2D eigenvalue weighted by molar-refractivity contribution is 6.35. The summed E-state index contributed by atoms with van der Waals surface area (Å²) in [6.07, 6.45) is 1.70. The molecule has 0 radical (unpaired) electrons. The van der Waals surface area contributed by atoms with E-state index in [1.54, 1.807) is 18.3 Å². The zero-order valence-corrected chi connectivity index (χ0v) is 8.27. The van der Waals surface area contributed by atoms with Gasteiger partial charge in [-0.05, 0) is 24.3 Å². The molecule has 0 saturated heterocycles. The molecule has 0 fully saturated rings. The molecule has 0 unspecified atom stereocenters. The van der Waals surface area contributed by atoms with Crippen LogP contribution in [0.15, 0.2) is 30.5 Å². The molecule has 1 aromatic heterocycles. The average Bonchev–Trinajstić information content (AvgIpc) is 2.12. The maximum atomic E-state index is 5.91. The summed E-state index contributed by atoms with van der Waals surface area (Å²) < 4.78 is 0. The number of aromatic nitrogens is 1. The zero-order valence-electron chi connectivity index (χ0n) is 6.70. The van der Waals surface area contributed by atoms with E-state index in [4.69, 9.17) is 17.3 Å². The zero-order chi connectivity index (χ0) is 8.55. The second-order valence-electron chi connectivity index (χ2n) is 2.54. The number of anilines is 1. The molecule has 0 aliphatic heterocycles. The Morgan fingerprint density at radius 3 is 2.69 bits per heavy atom. The molecule has 2 N–H and O–H groups in total. The van der Waals surface area contributed by atoms with E-state index in [-0.39, 0.29) is 12.4 Å². The van der Waals surface area contributed by atoms with Crippen LogP contribution >= 0.6 is 24.0 Å². The first-order valence-corrected chi connectivity index (χ1v) is 3.95. The van der Waals surface area contributed by atoms with Gasteiger partial charge < -0.3 is 5.73 Å². The molecule has 0 bridgehead atoms. The van der Waals surface area contributed by atoms with E-state index in [1.807, 2.05) is 12.1 Å². The normalized spacial score (nSPS) is 9.62. The highest BCUT2D eigenvalue weighted by atomic mass is 35.5. The Morgan fingerprint density at radius 1 is 1.23 bits per heavy atom. The quantitative estimate of drug-likeness (QED) is 0.686. The molecule has 13 heavy (non-hydrogen) atoms. The minimum Gasteiger partial charge on any atom is -0.398 e. The van der Waals surface area contributed by atoms with Gasteiger partial charge in [0.1, 0.15) is 0 Å². The molecule has 2 rings (SSSR count). The lowest BCUT2D eigenvalue weighted by atomic mass is 10.2. The van der Waals surface area contributed by atoms with Gasteiger partial charge >= 0.3 is 0 Å². The fourth-order valence-corrected chi connectivity index (χ4v) is 1.37. The lowest BCUT2D eigenvalue weighted by Gasteiger charge is -2.01. The van der Waals surface area contributed by atoms with Crippen LogP contribution in [-0.2, 0) is 0 Å². The van der Waals surface area contributed by atoms with Gasteiger partial charge in [0.15, 0.2) is 0 Å². The van der Waals surface area contributed by atoms with Crippen LogP contribution in [0.1, 0.15) is 0 Å². The molecule has 0 amide bonds. The first-order chi connectivity index (χ1) is 5.79. The van der Waals surface area contributed by atoms with Gasteiger partial charge in [-0.1, -0.05) is 11.6 Å². The summed E-state index contributed by atoms with van der Waals surface area (Å²) >= 11 is 5.91. The minimum absolute atomic E-state index is 0. The highest BCUT2D eigenvalue weighted by Gasteiger charge is 2.01. The van der Waals surface area contributed by atoms with E-state index in [0.29, 0.717) is 10.7 Å². The van der Waals surface area contributed by atoms with Crippen molar-refractivity contribution >= 4 is 40.6 Å². The smallest absolute Gasteiger partial charge is 0.0908 e. The number of nitrogens with two attached hydrogens (primary N) is 1. The summed E-state index contributed by atoms with van der Waals surface area (Å²) in [6, 6.07) is 7.29. The van der Waals surface area contributed by atoms with Crippen LogP contribution in [-0.4, -0.2) is 4.98 Å². The van der Waals surface area contributed by atoms with Crippen molar-refractivity contribution in [2.24, 2.45) is 0 Å². The lowest BCUT2D eigenvalue weighted by Crippen LogP contribution is -1.88. The predicted molar refractivity (Wildman–Crippen MR) is 58.4 cm³/mol. The van der Waals surface area contributed by atoms with Crippen molar-refractivity contribution < 1.29 is 0 Å². The van der Waals surface area contributed by atoms with Crippen LogP contribution in [0.5, 0.6) is 0 Å². The molecule has 0 aliphatic carbocycles. The summed E-state index contributed by atoms with van der Waals surface area (Å²) in [5.41, 5.74) is 7.20. The molecule has 4 heteroatoms. The molecule has 2 aromatic rings. The number of nitrogen functional groups attached to an aromatic ring is 1. The number of fused-ring (bicyclic) bond motifs is 1. The molecule has 0 saturated carbocycles. The van der Waals surface area contributed by atoms with Crippen molar-refractivity contribution in [3.05, 3.63) is 35.5 Å². The summed E-state index contributed by atoms with van der Waals surface area (Å²) in [4.78, 5) is 4.13. The predicted octanol–water partition coefficient (Wildman–Crippen LogP) is 2.89. The van der Waals surface area contributed by atoms with Crippen LogP contribution in [0.4, 0.5) is 5.69 Å². The monoisotopic (exact) mass is 214 g/mol. The lowest BCUT2D eigenvalue weighted by molar-refractivity contribution is 1.41. The first-order valence-electron chi connectivity index (χ1n) is 3.58. The van der Waals surface area contributed by atoms with E-state index in [2.05, 4.69) is 4.98 Å². The summed E-state index contributed by atoms with van der Waals surface area (Å²) in [5, 5.41) is 1.55. The summed E-state index contributed by atoms with van der Waals surface area (Å²) in [6.45, 7) is 0. The molecule has 0 atom stereocenters.